The highest BCUT2D eigenvalue weighted by Gasteiger charge is 2.18. The lowest BCUT2D eigenvalue weighted by atomic mass is 10.0. The van der Waals surface area contributed by atoms with Gasteiger partial charge in [0.15, 0.2) is 0 Å². The maximum atomic E-state index is 9.79. The van der Waals surface area contributed by atoms with E-state index in [9.17, 15) is 15.3 Å². The fourth-order valence-electron chi connectivity index (χ4n) is 3.37. The van der Waals surface area contributed by atoms with Gasteiger partial charge in [0.2, 0.25) is 0 Å². The van der Waals surface area contributed by atoms with Crippen molar-refractivity contribution in [3.8, 4) is 39.8 Å². The predicted octanol–water partition coefficient (Wildman–Crippen LogP) is 4.69. The molecule has 0 radical (unpaired) electrons. The second-order valence-electron chi connectivity index (χ2n) is 6.74. The largest absolute Gasteiger partial charge is 0.508 e. The first kappa shape index (κ1) is 17.7. The molecule has 28 heavy (non-hydrogen) atoms. The molecule has 1 heterocycles. The van der Waals surface area contributed by atoms with E-state index in [4.69, 9.17) is 5.10 Å². The van der Waals surface area contributed by atoms with Crippen LogP contribution in [0, 0.1) is 6.92 Å². The van der Waals surface area contributed by atoms with E-state index in [2.05, 4.69) is 0 Å². The van der Waals surface area contributed by atoms with Crippen LogP contribution in [0.2, 0.25) is 0 Å². The van der Waals surface area contributed by atoms with Crippen LogP contribution >= 0.6 is 0 Å². The Hall–Kier alpha value is -3.73. The summed E-state index contributed by atoms with van der Waals surface area (Å²) in [7, 11) is 0. The lowest BCUT2D eigenvalue weighted by Gasteiger charge is -2.09. The molecule has 0 atom stereocenters. The van der Waals surface area contributed by atoms with Gasteiger partial charge in [-0.25, -0.2) is 0 Å². The maximum Gasteiger partial charge on any atom is 0.115 e. The van der Waals surface area contributed by atoms with Gasteiger partial charge in [0.05, 0.1) is 17.9 Å². The standard InChI is InChI=1S/C23H20N2O3/c1-15-22(17-5-9-19(26)10-6-17)24-25(14-16-3-2-4-21(28)13-16)23(15)18-7-11-20(27)12-8-18/h2-13,26-28H,14H2,1H3. The molecule has 0 spiro atoms. The topological polar surface area (TPSA) is 78.5 Å². The van der Waals surface area contributed by atoms with Crippen molar-refractivity contribution < 1.29 is 15.3 Å². The van der Waals surface area contributed by atoms with Gasteiger partial charge in [0, 0.05) is 16.7 Å². The smallest absolute Gasteiger partial charge is 0.115 e. The number of nitrogens with zero attached hydrogens (tertiary/aromatic N) is 2. The van der Waals surface area contributed by atoms with E-state index in [1.54, 1.807) is 36.4 Å². The summed E-state index contributed by atoms with van der Waals surface area (Å²) in [5.74, 6) is 0.630. The maximum absolute atomic E-state index is 9.79. The van der Waals surface area contributed by atoms with Gasteiger partial charge in [-0.15, -0.1) is 0 Å². The number of rotatable bonds is 4. The summed E-state index contributed by atoms with van der Waals surface area (Å²) < 4.78 is 1.90. The molecule has 0 aliphatic rings. The number of aromatic hydroxyl groups is 3. The lowest BCUT2D eigenvalue weighted by molar-refractivity contribution is 0.473. The second kappa shape index (κ2) is 7.12. The summed E-state index contributed by atoms with van der Waals surface area (Å²) in [6.45, 7) is 2.50. The molecule has 0 saturated heterocycles. The Labute approximate surface area is 162 Å². The molecule has 0 bridgehead atoms. The van der Waals surface area contributed by atoms with Gasteiger partial charge in [0.1, 0.15) is 17.2 Å². The molecule has 0 aliphatic heterocycles. The lowest BCUT2D eigenvalue weighted by Crippen LogP contribution is -2.04. The minimum atomic E-state index is 0.208. The van der Waals surface area contributed by atoms with Crippen molar-refractivity contribution in [2.45, 2.75) is 13.5 Å². The molecule has 1 aromatic heterocycles. The normalized spacial score (nSPS) is 10.9. The summed E-state index contributed by atoms with van der Waals surface area (Å²) in [5.41, 5.74) is 5.53. The van der Waals surface area contributed by atoms with Gasteiger partial charge in [-0.3, -0.25) is 4.68 Å². The molecular weight excluding hydrogens is 352 g/mol. The van der Waals surface area contributed by atoms with E-state index in [0.717, 1.165) is 33.6 Å². The van der Waals surface area contributed by atoms with Gasteiger partial charge >= 0.3 is 0 Å². The number of hydrogen-bond donors (Lipinski definition) is 3. The van der Waals surface area contributed by atoms with Gasteiger partial charge in [-0.05, 0) is 73.2 Å². The van der Waals surface area contributed by atoms with Crippen LogP contribution in [0.5, 0.6) is 17.2 Å². The fraction of sp³-hybridized carbons (Fsp3) is 0.0870. The van der Waals surface area contributed by atoms with E-state index < -0.39 is 0 Å². The summed E-state index contributed by atoms with van der Waals surface area (Å²) in [6.07, 6.45) is 0. The number of benzene rings is 3. The quantitative estimate of drug-likeness (QED) is 0.486. The average Bonchev–Trinajstić information content (AvgIpc) is 2.99. The molecular formula is C23H20N2O3. The van der Waals surface area contributed by atoms with E-state index in [-0.39, 0.29) is 17.2 Å². The van der Waals surface area contributed by atoms with Crippen LogP contribution in [0.25, 0.3) is 22.5 Å². The van der Waals surface area contributed by atoms with Crippen molar-refractivity contribution in [2.24, 2.45) is 0 Å². The van der Waals surface area contributed by atoms with Crippen LogP contribution < -0.4 is 0 Å². The number of phenolic OH excluding ortho intramolecular Hbond substituents is 3. The molecule has 4 rings (SSSR count). The summed E-state index contributed by atoms with van der Waals surface area (Å²) in [4.78, 5) is 0. The highest BCUT2D eigenvalue weighted by Crippen LogP contribution is 2.33. The Kier molecular flexibility index (Phi) is 4.49. The van der Waals surface area contributed by atoms with Gasteiger partial charge in [0.25, 0.3) is 0 Å². The van der Waals surface area contributed by atoms with E-state index >= 15 is 0 Å². The third-order valence-electron chi connectivity index (χ3n) is 4.71. The SMILES string of the molecule is Cc1c(-c2ccc(O)cc2)nn(Cc2cccc(O)c2)c1-c1ccc(O)cc1. The second-order valence-corrected chi connectivity index (χ2v) is 6.74. The van der Waals surface area contributed by atoms with E-state index in [0.29, 0.717) is 6.54 Å². The van der Waals surface area contributed by atoms with Crippen LogP contribution in [0.1, 0.15) is 11.1 Å². The van der Waals surface area contributed by atoms with Crippen molar-refractivity contribution in [3.05, 3.63) is 83.9 Å². The third-order valence-corrected chi connectivity index (χ3v) is 4.71. The summed E-state index contributed by atoms with van der Waals surface area (Å²) in [5, 5.41) is 33.8. The highest BCUT2D eigenvalue weighted by atomic mass is 16.3. The monoisotopic (exact) mass is 372 g/mol. The molecule has 0 amide bonds. The minimum absolute atomic E-state index is 0.208. The van der Waals surface area contributed by atoms with E-state index in [1.165, 1.54) is 0 Å². The predicted molar refractivity (Wildman–Crippen MR) is 108 cm³/mol. The molecule has 3 N–H and O–H groups in total. The molecule has 140 valence electrons. The summed E-state index contributed by atoms with van der Waals surface area (Å²) >= 11 is 0. The van der Waals surface area contributed by atoms with Gasteiger partial charge in [-0.2, -0.15) is 5.10 Å². The first-order valence-corrected chi connectivity index (χ1v) is 8.95. The van der Waals surface area contributed by atoms with Crippen LogP contribution in [0.15, 0.2) is 72.8 Å². The van der Waals surface area contributed by atoms with Gasteiger partial charge < -0.3 is 15.3 Å². The van der Waals surface area contributed by atoms with Crippen molar-refractivity contribution in [1.29, 1.82) is 0 Å². The average molecular weight is 372 g/mol. The summed E-state index contributed by atoms with van der Waals surface area (Å²) in [6, 6.07) is 21.1. The van der Waals surface area contributed by atoms with Crippen LogP contribution in [0.3, 0.4) is 0 Å². The van der Waals surface area contributed by atoms with Crippen molar-refractivity contribution in [3.63, 3.8) is 0 Å². The zero-order valence-corrected chi connectivity index (χ0v) is 15.4. The zero-order valence-electron chi connectivity index (χ0n) is 15.4. The van der Waals surface area contributed by atoms with Crippen molar-refractivity contribution in [2.75, 3.05) is 0 Å². The molecule has 0 fully saturated rings. The molecule has 5 heteroatoms. The number of phenols is 3. The highest BCUT2D eigenvalue weighted by molar-refractivity contribution is 5.74. The Balaban J connectivity index is 1.86. The van der Waals surface area contributed by atoms with Crippen LogP contribution in [-0.2, 0) is 6.54 Å². The van der Waals surface area contributed by atoms with Crippen molar-refractivity contribution in [1.82, 2.24) is 9.78 Å². The zero-order chi connectivity index (χ0) is 19.7. The van der Waals surface area contributed by atoms with Crippen LogP contribution in [-0.4, -0.2) is 25.1 Å². The van der Waals surface area contributed by atoms with Crippen molar-refractivity contribution >= 4 is 0 Å². The van der Waals surface area contributed by atoms with E-state index in [1.807, 2.05) is 48.0 Å². The molecule has 0 unspecified atom stereocenters. The Morgan fingerprint density at radius 3 is 1.96 bits per heavy atom. The third kappa shape index (κ3) is 3.42. The fourth-order valence-corrected chi connectivity index (χ4v) is 3.37. The molecule has 4 aromatic rings. The minimum Gasteiger partial charge on any atom is -0.508 e. The number of aromatic nitrogens is 2. The first-order valence-electron chi connectivity index (χ1n) is 8.95. The number of hydrogen-bond acceptors (Lipinski definition) is 4. The molecule has 3 aromatic carbocycles. The van der Waals surface area contributed by atoms with Gasteiger partial charge in [-0.1, -0.05) is 12.1 Å². The Bertz CT molecular complexity index is 1110. The Morgan fingerprint density at radius 2 is 1.36 bits per heavy atom. The molecule has 5 nitrogen and oxygen atoms in total. The Morgan fingerprint density at radius 1 is 0.750 bits per heavy atom. The molecule has 0 aliphatic carbocycles. The van der Waals surface area contributed by atoms with Crippen LogP contribution in [0.4, 0.5) is 0 Å². The molecule has 0 saturated carbocycles. The first-order chi connectivity index (χ1) is 13.5.